The summed E-state index contributed by atoms with van der Waals surface area (Å²) in [7, 11) is 0. The molecule has 1 N–H and O–H groups in total. The lowest BCUT2D eigenvalue weighted by atomic mass is 9.84. The maximum atomic E-state index is 4.09. The summed E-state index contributed by atoms with van der Waals surface area (Å²) in [6.07, 6.45) is 10.2. The van der Waals surface area contributed by atoms with Crippen LogP contribution in [0.3, 0.4) is 0 Å². The number of hydrogen-bond acceptors (Lipinski definition) is 3. The van der Waals surface area contributed by atoms with Crippen LogP contribution in [0.2, 0.25) is 0 Å². The first-order valence-corrected chi connectivity index (χ1v) is 6.44. The van der Waals surface area contributed by atoms with Gasteiger partial charge in [-0.15, -0.1) is 0 Å². The Morgan fingerprint density at radius 2 is 2.12 bits per heavy atom. The Kier molecular flexibility index (Phi) is 4.34. The molecule has 0 radical (unpaired) electrons. The predicted molar refractivity (Wildman–Crippen MR) is 64.1 cm³/mol. The molecule has 1 aromatic heterocycles. The molecule has 0 saturated heterocycles. The van der Waals surface area contributed by atoms with Gasteiger partial charge in [-0.1, -0.05) is 13.3 Å². The zero-order chi connectivity index (χ0) is 11.2. The molecule has 0 aliphatic heterocycles. The summed E-state index contributed by atoms with van der Waals surface area (Å²) < 4.78 is 1.88. The zero-order valence-electron chi connectivity index (χ0n) is 10.1. The number of nitrogens with zero attached hydrogens (tertiary/aromatic N) is 3. The van der Waals surface area contributed by atoms with E-state index in [1.54, 1.807) is 12.7 Å². The maximum absolute atomic E-state index is 4.09. The lowest BCUT2D eigenvalue weighted by Gasteiger charge is -2.28. The molecule has 0 unspecified atom stereocenters. The lowest BCUT2D eigenvalue weighted by Crippen LogP contribution is -2.35. The van der Waals surface area contributed by atoms with Crippen LogP contribution in [0.1, 0.15) is 39.0 Å². The first kappa shape index (κ1) is 11.6. The molecular formula is C12H22N4. The average molecular weight is 222 g/mol. The van der Waals surface area contributed by atoms with Crippen molar-refractivity contribution < 1.29 is 0 Å². The Morgan fingerprint density at radius 1 is 1.31 bits per heavy atom. The van der Waals surface area contributed by atoms with Crippen molar-refractivity contribution in [1.82, 2.24) is 20.1 Å². The van der Waals surface area contributed by atoms with Crippen LogP contribution in [0.4, 0.5) is 0 Å². The summed E-state index contributed by atoms with van der Waals surface area (Å²) in [5.74, 6) is 0.980. The van der Waals surface area contributed by atoms with Crippen molar-refractivity contribution in [2.75, 3.05) is 6.54 Å². The molecule has 0 spiro atoms. The van der Waals surface area contributed by atoms with E-state index in [1.807, 2.05) is 4.68 Å². The van der Waals surface area contributed by atoms with Gasteiger partial charge in [-0.2, -0.15) is 5.10 Å². The smallest absolute Gasteiger partial charge is 0.137 e. The van der Waals surface area contributed by atoms with E-state index in [0.29, 0.717) is 0 Å². The SMILES string of the molecule is CCC1CCC(NCCn2cncn2)CC1. The topological polar surface area (TPSA) is 42.7 Å². The van der Waals surface area contributed by atoms with Crippen molar-refractivity contribution in [3.8, 4) is 0 Å². The Hall–Kier alpha value is -0.900. The number of hydrogen-bond donors (Lipinski definition) is 1. The molecule has 16 heavy (non-hydrogen) atoms. The van der Waals surface area contributed by atoms with E-state index in [0.717, 1.165) is 25.0 Å². The normalized spacial score (nSPS) is 25.8. The van der Waals surface area contributed by atoms with Crippen LogP contribution in [-0.2, 0) is 6.54 Å². The molecular weight excluding hydrogens is 200 g/mol. The van der Waals surface area contributed by atoms with E-state index >= 15 is 0 Å². The molecule has 1 aliphatic rings. The molecule has 2 rings (SSSR count). The monoisotopic (exact) mass is 222 g/mol. The lowest BCUT2D eigenvalue weighted by molar-refractivity contribution is 0.283. The number of aromatic nitrogens is 3. The molecule has 0 atom stereocenters. The van der Waals surface area contributed by atoms with Crippen molar-refractivity contribution in [3.05, 3.63) is 12.7 Å². The summed E-state index contributed by atoms with van der Waals surface area (Å²) >= 11 is 0. The molecule has 1 heterocycles. The van der Waals surface area contributed by atoms with Gasteiger partial charge in [-0.05, 0) is 31.6 Å². The highest BCUT2D eigenvalue weighted by Crippen LogP contribution is 2.26. The van der Waals surface area contributed by atoms with Crippen molar-refractivity contribution in [2.24, 2.45) is 5.92 Å². The molecule has 1 aliphatic carbocycles. The van der Waals surface area contributed by atoms with Crippen LogP contribution in [0.25, 0.3) is 0 Å². The third-order valence-corrected chi connectivity index (χ3v) is 3.66. The Labute approximate surface area is 97.5 Å². The van der Waals surface area contributed by atoms with Gasteiger partial charge in [-0.3, -0.25) is 4.68 Å². The van der Waals surface area contributed by atoms with Crippen LogP contribution in [0.15, 0.2) is 12.7 Å². The Morgan fingerprint density at radius 3 is 2.75 bits per heavy atom. The second-order valence-electron chi connectivity index (χ2n) is 4.74. The fraction of sp³-hybridized carbons (Fsp3) is 0.833. The van der Waals surface area contributed by atoms with Crippen molar-refractivity contribution >= 4 is 0 Å². The van der Waals surface area contributed by atoms with Gasteiger partial charge in [0.25, 0.3) is 0 Å². The Balaban J connectivity index is 1.60. The summed E-state index contributed by atoms with van der Waals surface area (Å²) in [5.41, 5.74) is 0. The highest BCUT2D eigenvalue weighted by Gasteiger charge is 2.18. The maximum Gasteiger partial charge on any atom is 0.137 e. The molecule has 4 heteroatoms. The highest BCUT2D eigenvalue weighted by atomic mass is 15.3. The van der Waals surface area contributed by atoms with Gasteiger partial charge in [-0.25, -0.2) is 4.98 Å². The zero-order valence-corrected chi connectivity index (χ0v) is 10.1. The van der Waals surface area contributed by atoms with Gasteiger partial charge in [0.1, 0.15) is 12.7 Å². The minimum absolute atomic E-state index is 0.728. The predicted octanol–water partition coefficient (Wildman–Crippen LogP) is 1.84. The average Bonchev–Trinajstić information content (AvgIpc) is 2.83. The van der Waals surface area contributed by atoms with Gasteiger partial charge in [0.2, 0.25) is 0 Å². The van der Waals surface area contributed by atoms with Crippen molar-refractivity contribution in [3.63, 3.8) is 0 Å². The second kappa shape index (κ2) is 5.99. The van der Waals surface area contributed by atoms with Crippen LogP contribution < -0.4 is 5.32 Å². The summed E-state index contributed by atoms with van der Waals surface area (Å²) in [4.78, 5) is 3.93. The molecule has 1 aromatic rings. The Bertz CT molecular complexity index is 275. The summed E-state index contributed by atoms with van der Waals surface area (Å²) in [6, 6.07) is 0.728. The summed E-state index contributed by atoms with van der Waals surface area (Å²) in [6.45, 7) is 4.24. The molecule has 1 fully saturated rings. The van der Waals surface area contributed by atoms with Gasteiger partial charge in [0.15, 0.2) is 0 Å². The number of rotatable bonds is 5. The van der Waals surface area contributed by atoms with Gasteiger partial charge in [0, 0.05) is 12.6 Å². The molecule has 1 saturated carbocycles. The van der Waals surface area contributed by atoms with E-state index in [1.165, 1.54) is 32.1 Å². The van der Waals surface area contributed by atoms with Crippen LogP contribution in [-0.4, -0.2) is 27.4 Å². The van der Waals surface area contributed by atoms with E-state index in [4.69, 9.17) is 0 Å². The molecule has 4 nitrogen and oxygen atoms in total. The molecule has 0 aromatic carbocycles. The van der Waals surface area contributed by atoms with Gasteiger partial charge >= 0.3 is 0 Å². The third-order valence-electron chi connectivity index (χ3n) is 3.66. The largest absolute Gasteiger partial charge is 0.312 e. The second-order valence-corrected chi connectivity index (χ2v) is 4.74. The minimum atomic E-state index is 0.728. The van der Waals surface area contributed by atoms with Crippen LogP contribution in [0, 0.1) is 5.92 Å². The highest BCUT2D eigenvalue weighted by molar-refractivity contribution is 4.76. The van der Waals surface area contributed by atoms with Crippen LogP contribution in [0.5, 0.6) is 0 Å². The quantitative estimate of drug-likeness (QED) is 0.826. The first-order chi connectivity index (χ1) is 7.88. The molecule has 90 valence electrons. The van der Waals surface area contributed by atoms with E-state index in [9.17, 15) is 0 Å². The standard InChI is InChI=1S/C12H22N4/c1-2-11-3-5-12(6-4-11)14-7-8-16-10-13-9-15-16/h9-12,14H,2-8H2,1H3. The van der Waals surface area contributed by atoms with Gasteiger partial charge in [0.05, 0.1) is 6.54 Å². The third kappa shape index (κ3) is 3.30. The van der Waals surface area contributed by atoms with Crippen LogP contribution >= 0.6 is 0 Å². The van der Waals surface area contributed by atoms with Crippen molar-refractivity contribution in [2.45, 2.75) is 51.6 Å². The molecule has 0 bridgehead atoms. The minimum Gasteiger partial charge on any atom is -0.312 e. The van der Waals surface area contributed by atoms with E-state index in [-0.39, 0.29) is 0 Å². The van der Waals surface area contributed by atoms with E-state index < -0.39 is 0 Å². The summed E-state index contributed by atoms with van der Waals surface area (Å²) in [5, 5.41) is 7.71. The van der Waals surface area contributed by atoms with E-state index in [2.05, 4.69) is 22.3 Å². The molecule has 0 amide bonds. The number of nitrogens with one attached hydrogen (secondary N) is 1. The van der Waals surface area contributed by atoms with Gasteiger partial charge < -0.3 is 5.32 Å². The first-order valence-electron chi connectivity index (χ1n) is 6.44. The fourth-order valence-corrected chi connectivity index (χ4v) is 2.51. The van der Waals surface area contributed by atoms with Crippen molar-refractivity contribution in [1.29, 1.82) is 0 Å². The fourth-order valence-electron chi connectivity index (χ4n) is 2.51.